The zero-order valence-corrected chi connectivity index (χ0v) is 14.1. The molecule has 3 aromatic heterocycles. The fraction of sp³-hybridized carbons (Fsp3) is 0.0667. The van der Waals surface area contributed by atoms with E-state index in [9.17, 15) is 14.5 Å². The Morgan fingerprint density at radius 3 is 2.77 bits per heavy atom. The molecule has 0 aliphatic carbocycles. The zero-order valence-electron chi connectivity index (χ0n) is 13.3. The second-order valence-corrected chi connectivity index (χ2v) is 6.39. The number of nitrogens with zero attached hydrogens (tertiary/aromatic N) is 7. The number of nitro groups is 1. The predicted molar refractivity (Wildman–Crippen MR) is 90.2 cm³/mol. The minimum absolute atomic E-state index is 0.416. The summed E-state index contributed by atoms with van der Waals surface area (Å²) in [6, 6.07) is 7.24. The lowest BCUT2D eigenvalue weighted by Gasteiger charge is -2.02. The molecule has 0 N–H and O–H groups in total. The summed E-state index contributed by atoms with van der Waals surface area (Å²) in [7, 11) is 1.81. The second kappa shape index (κ2) is 6.19. The topological polar surface area (TPSA) is 104 Å². The van der Waals surface area contributed by atoms with Gasteiger partial charge in [0, 0.05) is 29.8 Å². The fourth-order valence-corrected chi connectivity index (χ4v) is 3.16. The molecule has 0 saturated heterocycles. The predicted octanol–water partition coefficient (Wildman–Crippen LogP) is 2.72. The molecule has 130 valence electrons. The van der Waals surface area contributed by atoms with E-state index in [1.165, 1.54) is 10.6 Å². The van der Waals surface area contributed by atoms with Crippen LogP contribution in [-0.4, -0.2) is 34.5 Å². The lowest BCUT2D eigenvalue weighted by Crippen LogP contribution is -1.96. The van der Waals surface area contributed by atoms with E-state index in [1.54, 1.807) is 23.0 Å². The van der Waals surface area contributed by atoms with Gasteiger partial charge >= 0.3 is 5.69 Å². The number of aromatic nitrogens is 6. The first-order valence-electron chi connectivity index (χ1n) is 7.34. The molecular formula is C15H10FN7O2S. The standard InChI is InChI=1S/C15H10FN7O2S/c1-21-8-9(7-17-21)12-3-5-14-18-19-15(22(14)20-12)26-10-2-4-13(23(24)25)11(16)6-10/h2-8H,1H3. The van der Waals surface area contributed by atoms with Gasteiger partial charge in [-0.2, -0.15) is 19.1 Å². The van der Waals surface area contributed by atoms with Crippen LogP contribution in [-0.2, 0) is 7.05 Å². The molecule has 9 nitrogen and oxygen atoms in total. The van der Waals surface area contributed by atoms with Gasteiger partial charge in [0.15, 0.2) is 5.65 Å². The van der Waals surface area contributed by atoms with Crippen molar-refractivity contribution >= 4 is 23.1 Å². The van der Waals surface area contributed by atoms with Crippen LogP contribution in [0.5, 0.6) is 0 Å². The molecule has 0 bridgehead atoms. The van der Waals surface area contributed by atoms with Crippen molar-refractivity contribution in [3.8, 4) is 11.3 Å². The first-order valence-corrected chi connectivity index (χ1v) is 8.16. The quantitative estimate of drug-likeness (QED) is 0.401. The SMILES string of the molecule is Cn1cc(-c2ccc3nnc(Sc4ccc([N+](=O)[O-])c(F)c4)n3n2)cn1. The van der Waals surface area contributed by atoms with Crippen LogP contribution in [0.3, 0.4) is 0 Å². The number of nitro benzene ring substituents is 1. The van der Waals surface area contributed by atoms with E-state index < -0.39 is 16.4 Å². The number of aryl methyl sites for hydroxylation is 1. The van der Waals surface area contributed by atoms with E-state index in [2.05, 4.69) is 20.4 Å². The average Bonchev–Trinajstić information content (AvgIpc) is 3.21. The number of hydrogen-bond acceptors (Lipinski definition) is 7. The van der Waals surface area contributed by atoms with Crippen LogP contribution >= 0.6 is 11.8 Å². The smallest absolute Gasteiger partial charge is 0.275 e. The molecule has 4 rings (SSSR count). The van der Waals surface area contributed by atoms with E-state index in [4.69, 9.17) is 0 Å². The fourth-order valence-electron chi connectivity index (χ4n) is 2.34. The van der Waals surface area contributed by atoms with Crippen molar-refractivity contribution in [3.63, 3.8) is 0 Å². The molecule has 11 heteroatoms. The first-order chi connectivity index (χ1) is 12.5. The van der Waals surface area contributed by atoms with Crippen LogP contribution in [0.4, 0.5) is 10.1 Å². The summed E-state index contributed by atoms with van der Waals surface area (Å²) >= 11 is 1.11. The van der Waals surface area contributed by atoms with Crippen LogP contribution < -0.4 is 0 Å². The van der Waals surface area contributed by atoms with E-state index in [1.807, 2.05) is 13.2 Å². The monoisotopic (exact) mass is 371 g/mol. The Kier molecular flexibility index (Phi) is 3.84. The minimum Gasteiger partial charge on any atom is -0.275 e. The highest BCUT2D eigenvalue weighted by molar-refractivity contribution is 7.99. The van der Waals surface area contributed by atoms with Crippen molar-refractivity contribution in [1.82, 2.24) is 29.6 Å². The van der Waals surface area contributed by atoms with Crippen molar-refractivity contribution in [1.29, 1.82) is 0 Å². The van der Waals surface area contributed by atoms with Gasteiger partial charge in [0.05, 0.1) is 16.8 Å². The van der Waals surface area contributed by atoms with E-state index in [-0.39, 0.29) is 0 Å². The third-order valence-electron chi connectivity index (χ3n) is 3.56. The number of halogens is 1. The lowest BCUT2D eigenvalue weighted by atomic mass is 10.2. The Bertz CT molecular complexity index is 1140. The summed E-state index contributed by atoms with van der Waals surface area (Å²) in [6.45, 7) is 0. The number of benzene rings is 1. The van der Waals surface area contributed by atoms with Crippen LogP contribution in [0, 0.1) is 15.9 Å². The molecular weight excluding hydrogens is 361 g/mol. The zero-order chi connectivity index (χ0) is 18.3. The maximum atomic E-state index is 13.8. The molecule has 0 unspecified atom stereocenters. The van der Waals surface area contributed by atoms with Crippen molar-refractivity contribution in [2.45, 2.75) is 10.1 Å². The van der Waals surface area contributed by atoms with Gasteiger partial charge in [-0.15, -0.1) is 10.2 Å². The summed E-state index contributed by atoms with van der Waals surface area (Å²) in [4.78, 5) is 10.4. The first kappa shape index (κ1) is 16.1. The Morgan fingerprint density at radius 2 is 2.08 bits per heavy atom. The molecule has 4 aromatic rings. The highest BCUT2D eigenvalue weighted by Crippen LogP contribution is 2.30. The second-order valence-electron chi connectivity index (χ2n) is 5.35. The molecule has 0 aliphatic heterocycles. The molecule has 0 radical (unpaired) electrons. The molecule has 0 atom stereocenters. The van der Waals surface area contributed by atoms with Crippen molar-refractivity contribution in [2.75, 3.05) is 0 Å². The summed E-state index contributed by atoms with van der Waals surface area (Å²) in [5, 5.41) is 27.8. The Hall–Kier alpha value is -3.34. The third kappa shape index (κ3) is 2.88. The van der Waals surface area contributed by atoms with Crippen molar-refractivity contribution < 1.29 is 9.31 Å². The van der Waals surface area contributed by atoms with E-state index in [0.717, 1.165) is 29.5 Å². The largest absolute Gasteiger partial charge is 0.304 e. The highest BCUT2D eigenvalue weighted by Gasteiger charge is 2.16. The van der Waals surface area contributed by atoms with Gasteiger partial charge < -0.3 is 0 Å². The molecule has 0 amide bonds. The van der Waals surface area contributed by atoms with Gasteiger partial charge in [0.1, 0.15) is 0 Å². The van der Waals surface area contributed by atoms with Crippen LogP contribution in [0.1, 0.15) is 0 Å². The Labute approximate surface area is 149 Å². The minimum atomic E-state index is -0.905. The molecule has 0 aliphatic rings. The summed E-state index contributed by atoms with van der Waals surface area (Å²) in [5.41, 5.74) is 1.47. The van der Waals surface area contributed by atoms with Gasteiger partial charge in [-0.1, -0.05) is 0 Å². The van der Waals surface area contributed by atoms with E-state index in [0.29, 0.717) is 21.4 Å². The van der Waals surface area contributed by atoms with Crippen LogP contribution in [0.25, 0.3) is 16.9 Å². The van der Waals surface area contributed by atoms with Crippen LogP contribution in [0.2, 0.25) is 0 Å². The maximum absolute atomic E-state index is 13.8. The molecule has 26 heavy (non-hydrogen) atoms. The number of rotatable bonds is 4. The molecule has 1 aromatic carbocycles. The third-order valence-corrected chi connectivity index (χ3v) is 4.49. The molecule has 0 fully saturated rings. The van der Waals surface area contributed by atoms with Crippen molar-refractivity contribution in [3.05, 3.63) is 58.7 Å². The van der Waals surface area contributed by atoms with Crippen LogP contribution in [0.15, 0.2) is 52.8 Å². The highest BCUT2D eigenvalue weighted by atomic mass is 32.2. The Balaban J connectivity index is 1.70. The van der Waals surface area contributed by atoms with Gasteiger partial charge in [0.25, 0.3) is 0 Å². The van der Waals surface area contributed by atoms with Gasteiger partial charge in [-0.05, 0) is 36.0 Å². The van der Waals surface area contributed by atoms with Gasteiger partial charge in [-0.25, -0.2) is 0 Å². The van der Waals surface area contributed by atoms with Crippen molar-refractivity contribution in [2.24, 2.45) is 7.05 Å². The molecule has 3 heterocycles. The van der Waals surface area contributed by atoms with Gasteiger partial charge in [0.2, 0.25) is 11.0 Å². The number of hydrogen-bond donors (Lipinski definition) is 0. The summed E-state index contributed by atoms with van der Waals surface area (Å²) in [6.07, 6.45) is 3.52. The normalized spacial score (nSPS) is 11.2. The summed E-state index contributed by atoms with van der Waals surface area (Å²) in [5.74, 6) is -0.905. The molecule has 0 spiro atoms. The lowest BCUT2D eigenvalue weighted by molar-refractivity contribution is -0.387. The van der Waals surface area contributed by atoms with E-state index >= 15 is 0 Å². The summed E-state index contributed by atoms with van der Waals surface area (Å²) < 4.78 is 17.0. The number of fused-ring (bicyclic) bond motifs is 1. The maximum Gasteiger partial charge on any atom is 0.304 e. The molecule has 0 saturated carbocycles. The van der Waals surface area contributed by atoms with Gasteiger partial charge in [-0.3, -0.25) is 14.8 Å². The Morgan fingerprint density at radius 1 is 1.23 bits per heavy atom. The average molecular weight is 371 g/mol.